The van der Waals surface area contributed by atoms with Crippen molar-refractivity contribution in [2.24, 2.45) is 0 Å². The van der Waals surface area contributed by atoms with Gasteiger partial charge in [-0.25, -0.2) is 19.2 Å². The van der Waals surface area contributed by atoms with E-state index in [1.807, 2.05) is 0 Å². The van der Waals surface area contributed by atoms with Crippen molar-refractivity contribution >= 4 is 11.8 Å². The Morgan fingerprint density at radius 3 is 2.88 bits per heavy atom. The number of carbonyl (C=O) groups is 1. The van der Waals surface area contributed by atoms with E-state index in [4.69, 9.17) is 15.2 Å². The lowest BCUT2D eigenvalue weighted by Gasteiger charge is -2.08. The summed E-state index contributed by atoms with van der Waals surface area (Å²) in [7, 11) is 0. The van der Waals surface area contributed by atoms with Crippen LogP contribution in [0.4, 0.5) is 10.2 Å². The average Bonchev–Trinajstić information content (AvgIpc) is 2.99. The highest BCUT2D eigenvalue weighted by Crippen LogP contribution is 2.24. The lowest BCUT2D eigenvalue weighted by atomic mass is 10.3. The third-order valence-corrected chi connectivity index (χ3v) is 3.20. The second kappa shape index (κ2) is 6.95. The van der Waals surface area contributed by atoms with Crippen molar-refractivity contribution in [3.8, 4) is 17.4 Å². The molecule has 0 amide bonds. The minimum atomic E-state index is -0.580. The Hall–Kier alpha value is -3.49. The third-order valence-electron chi connectivity index (χ3n) is 3.20. The van der Waals surface area contributed by atoms with Crippen molar-refractivity contribution in [2.75, 3.05) is 12.3 Å². The van der Waals surface area contributed by atoms with Gasteiger partial charge in [0.1, 0.15) is 17.7 Å². The lowest BCUT2D eigenvalue weighted by Crippen LogP contribution is -2.09. The zero-order valence-corrected chi connectivity index (χ0v) is 13.2. The van der Waals surface area contributed by atoms with Gasteiger partial charge in [-0.1, -0.05) is 12.1 Å². The number of rotatable bonds is 5. The van der Waals surface area contributed by atoms with Gasteiger partial charge >= 0.3 is 5.97 Å². The Balaban J connectivity index is 1.90. The number of aromatic nitrogens is 4. The van der Waals surface area contributed by atoms with Crippen molar-refractivity contribution < 1.29 is 18.7 Å². The highest BCUT2D eigenvalue weighted by atomic mass is 19.1. The van der Waals surface area contributed by atoms with Crippen LogP contribution in [0, 0.1) is 5.82 Å². The van der Waals surface area contributed by atoms with Gasteiger partial charge in [0.05, 0.1) is 12.8 Å². The fourth-order valence-corrected chi connectivity index (χ4v) is 2.05. The third kappa shape index (κ3) is 3.39. The van der Waals surface area contributed by atoms with Crippen LogP contribution in [0.3, 0.4) is 0 Å². The van der Waals surface area contributed by atoms with Crippen LogP contribution in [0.5, 0.6) is 11.6 Å². The normalized spacial score (nSPS) is 10.5. The molecule has 3 aromatic rings. The number of halogens is 1. The SMILES string of the molecule is CCOC(=O)c1cnn(-c2cc(Oc3ccccc3F)ncn2)c1N. The first-order valence-corrected chi connectivity index (χ1v) is 7.35. The zero-order chi connectivity index (χ0) is 17.8. The summed E-state index contributed by atoms with van der Waals surface area (Å²) in [5, 5.41) is 4.03. The summed E-state index contributed by atoms with van der Waals surface area (Å²) in [6, 6.07) is 7.35. The smallest absolute Gasteiger partial charge is 0.343 e. The van der Waals surface area contributed by atoms with E-state index in [1.54, 1.807) is 19.1 Å². The van der Waals surface area contributed by atoms with E-state index in [1.165, 1.54) is 35.4 Å². The first kappa shape index (κ1) is 16.4. The molecule has 2 heterocycles. The molecule has 128 valence electrons. The summed E-state index contributed by atoms with van der Waals surface area (Å²) in [5.74, 6) is -0.659. The minimum absolute atomic E-state index is 0.0211. The molecule has 0 aliphatic carbocycles. The molecule has 2 N–H and O–H groups in total. The Bertz CT molecular complexity index is 912. The molecule has 2 aromatic heterocycles. The molecule has 8 nitrogen and oxygen atoms in total. The highest BCUT2D eigenvalue weighted by molar-refractivity contribution is 5.94. The first-order valence-electron chi connectivity index (χ1n) is 7.35. The predicted molar refractivity (Wildman–Crippen MR) is 86.0 cm³/mol. The molecule has 0 saturated carbocycles. The Kier molecular flexibility index (Phi) is 4.55. The summed E-state index contributed by atoms with van der Waals surface area (Å²) in [4.78, 5) is 19.8. The molecule has 0 aliphatic heterocycles. The van der Waals surface area contributed by atoms with E-state index in [-0.39, 0.29) is 35.4 Å². The number of carbonyl (C=O) groups excluding carboxylic acids is 1. The predicted octanol–water partition coefficient (Wildman–Crippen LogP) is 2.35. The number of hydrogen-bond donors (Lipinski definition) is 1. The van der Waals surface area contributed by atoms with E-state index < -0.39 is 11.8 Å². The van der Waals surface area contributed by atoms with Gasteiger partial charge in [0.25, 0.3) is 0 Å². The van der Waals surface area contributed by atoms with Crippen LogP contribution in [0.25, 0.3) is 5.82 Å². The molecule has 0 fully saturated rings. The Morgan fingerprint density at radius 2 is 2.12 bits per heavy atom. The van der Waals surface area contributed by atoms with Gasteiger partial charge in [0.15, 0.2) is 17.4 Å². The highest BCUT2D eigenvalue weighted by Gasteiger charge is 2.18. The van der Waals surface area contributed by atoms with Gasteiger partial charge in [-0.2, -0.15) is 9.78 Å². The Morgan fingerprint density at radius 1 is 1.32 bits per heavy atom. The molecular formula is C16H14FN5O3. The molecule has 0 atom stereocenters. The van der Waals surface area contributed by atoms with Crippen molar-refractivity contribution in [2.45, 2.75) is 6.92 Å². The van der Waals surface area contributed by atoms with Crippen LogP contribution in [0.2, 0.25) is 0 Å². The summed E-state index contributed by atoms with van der Waals surface area (Å²) >= 11 is 0. The quantitative estimate of drug-likeness (QED) is 0.709. The molecule has 25 heavy (non-hydrogen) atoms. The molecule has 0 saturated heterocycles. The van der Waals surface area contributed by atoms with Crippen molar-refractivity contribution in [1.29, 1.82) is 0 Å². The summed E-state index contributed by atoms with van der Waals surface area (Å²) in [5.41, 5.74) is 6.05. The van der Waals surface area contributed by atoms with Crippen LogP contribution in [0.15, 0.2) is 42.9 Å². The zero-order valence-electron chi connectivity index (χ0n) is 13.2. The number of ether oxygens (including phenoxy) is 2. The van der Waals surface area contributed by atoms with E-state index >= 15 is 0 Å². The fourth-order valence-electron chi connectivity index (χ4n) is 2.05. The minimum Gasteiger partial charge on any atom is -0.462 e. The number of para-hydroxylation sites is 1. The van der Waals surface area contributed by atoms with Crippen molar-refractivity contribution in [3.05, 3.63) is 54.2 Å². The van der Waals surface area contributed by atoms with Crippen LogP contribution in [-0.2, 0) is 4.74 Å². The van der Waals surface area contributed by atoms with Crippen molar-refractivity contribution in [1.82, 2.24) is 19.7 Å². The topological polar surface area (TPSA) is 105 Å². The van der Waals surface area contributed by atoms with Crippen LogP contribution in [0.1, 0.15) is 17.3 Å². The molecule has 0 unspecified atom stereocenters. The number of nitrogens with two attached hydrogens (primary N) is 1. The number of anilines is 1. The number of benzene rings is 1. The van der Waals surface area contributed by atoms with Gasteiger partial charge < -0.3 is 15.2 Å². The van der Waals surface area contributed by atoms with E-state index in [0.717, 1.165) is 0 Å². The monoisotopic (exact) mass is 343 g/mol. The molecule has 1 aromatic carbocycles. The van der Waals surface area contributed by atoms with Crippen LogP contribution >= 0.6 is 0 Å². The van der Waals surface area contributed by atoms with E-state index in [2.05, 4.69) is 15.1 Å². The Labute approximate surface area is 142 Å². The summed E-state index contributed by atoms with van der Waals surface area (Å²) in [6.45, 7) is 1.91. The maximum atomic E-state index is 13.7. The van der Waals surface area contributed by atoms with Gasteiger partial charge in [0.2, 0.25) is 5.88 Å². The molecule has 0 radical (unpaired) electrons. The number of hydrogen-bond acceptors (Lipinski definition) is 7. The molecular weight excluding hydrogens is 329 g/mol. The number of nitrogen functional groups attached to an aromatic ring is 1. The standard InChI is InChI=1S/C16H14FN5O3/c1-2-24-16(23)10-8-21-22(15(10)18)13-7-14(20-9-19-13)25-12-6-4-3-5-11(12)17/h3-9H,2,18H2,1H3. The second-order valence-electron chi connectivity index (χ2n) is 4.82. The van der Waals surface area contributed by atoms with Gasteiger partial charge in [-0.15, -0.1) is 0 Å². The largest absolute Gasteiger partial charge is 0.462 e. The maximum absolute atomic E-state index is 13.7. The molecule has 0 spiro atoms. The fraction of sp³-hybridized carbons (Fsp3) is 0.125. The average molecular weight is 343 g/mol. The van der Waals surface area contributed by atoms with E-state index in [9.17, 15) is 9.18 Å². The maximum Gasteiger partial charge on any atom is 0.343 e. The van der Waals surface area contributed by atoms with Gasteiger partial charge in [-0.3, -0.25) is 0 Å². The van der Waals surface area contributed by atoms with E-state index in [0.29, 0.717) is 0 Å². The van der Waals surface area contributed by atoms with Gasteiger partial charge in [0, 0.05) is 6.07 Å². The number of esters is 1. The molecule has 3 rings (SSSR count). The number of nitrogens with zero attached hydrogens (tertiary/aromatic N) is 4. The van der Waals surface area contributed by atoms with Crippen LogP contribution in [-0.4, -0.2) is 32.3 Å². The van der Waals surface area contributed by atoms with Crippen molar-refractivity contribution in [3.63, 3.8) is 0 Å². The van der Waals surface area contributed by atoms with Crippen LogP contribution < -0.4 is 10.5 Å². The first-order chi connectivity index (χ1) is 12.1. The van der Waals surface area contributed by atoms with Gasteiger partial charge in [-0.05, 0) is 19.1 Å². The summed E-state index contributed by atoms with van der Waals surface area (Å²) in [6.07, 6.45) is 2.50. The molecule has 0 bridgehead atoms. The lowest BCUT2D eigenvalue weighted by molar-refractivity contribution is 0.0527. The second-order valence-corrected chi connectivity index (χ2v) is 4.82. The molecule has 9 heteroatoms. The summed E-state index contributed by atoms with van der Waals surface area (Å²) < 4.78 is 25.2. The molecule has 0 aliphatic rings.